The van der Waals surface area contributed by atoms with Crippen LogP contribution in [0.2, 0.25) is 0 Å². The smallest absolute Gasteiger partial charge is 0.489 e. The average molecular weight is 189 g/mol. The summed E-state index contributed by atoms with van der Waals surface area (Å²) in [5.41, 5.74) is 0.958. The van der Waals surface area contributed by atoms with Crippen molar-refractivity contribution >= 4 is 23.5 Å². The Morgan fingerprint density at radius 1 is 1.21 bits per heavy atom. The average Bonchev–Trinajstić information content (AvgIpc) is 2.16. The van der Waals surface area contributed by atoms with Crippen molar-refractivity contribution in [1.82, 2.24) is 4.98 Å². The molecule has 2 rings (SSSR count). The number of pyridine rings is 1. The Bertz CT molecular complexity index is 473. The second-order valence-corrected chi connectivity index (χ2v) is 2.98. The largest absolute Gasteiger partial charge is 0.506 e. The first-order valence-electron chi connectivity index (χ1n) is 4.12. The van der Waals surface area contributed by atoms with E-state index in [-0.39, 0.29) is 5.75 Å². The first-order chi connectivity index (χ1) is 6.68. The van der Waals surface area contributed by atoms with Gasteiger partial charge in [0.25, 0.3) is 0 Å². The normalized spacial score (nSPS) is 10.4. The molecule has 70 valence electrons. The van der Waals surface area contributed by atoms with Crippen LogP contribution >= 0.6 is 0 Å². The number of rotatable bonds is 1. The fourth-order valence-corrected chi connectivity index (χ4v) is 1.39. The van der Waals surface area contributed by atoms with E-state index in [1.165, 1.54) is 12.3 Å². The Labute approximate surface area is 80.6 Å². The van der Waals surface area contributed by atoms with Crippen molar-refractivity contribution in [1.29, 1.82) is 0 Å². The molecule has 0 saturated carbocycles. The van der Waals surface area contributed by atoms with Gasteiger partial charge in [-0.1, -0.05) is 12.1 Å². The maximum atomic E-state index is 9.21. The molecule has 0 aliphatic heterocycles. The van der Waals surface area contributed by atoms with E-state index in [0.717, 1.165) is 0 Å². The molecule has 1 aromatic heterocycles. The zero-order chi connectivity index (χ0) is 10.1. The van der Waals surface area contributed by atoms with Crippen LogP contribution in [0.15, 0.2) is 30.5 Å². The van der Waals surface area contributed by atoms with Crippen molar-refractivity contribution in [2.45, 2.75) is 0 Å². The minimum absolute atomic E-state index is 0.00519. The Morgan fingerprint density at radius 2 is 2.00 bits per heavy atom. The van der Waals surface area contributed by atoms with Gasteiger partial charge in [-0.15, -0.1) is 0 Å². The first kappa shape index (κ1) is 8.99. The van der Waals surface area contributed by atoms with Crippen molar-refractivity contribution in [2.24, 2.45) is 0 Å². The van der Waals surface area contributed by atoms with Gasteiger partial charge in [-0.05, 0) is 17.6 Å². The molecule has 5 heteroatoms. The number of aromatic nitrogens is 1. The van der Waals surface area contributed by atoms with E-state index in [0.29, 0.717) is 16.4 Å². The van der Waals surface area contributed by atoms with Crippen molar-refractivity contribution < 1.29 is 15.2 Å². The molecule has 0 bridgehead atoms. The quantitative estimate of drug-likeness (QED) is 0.534. The van der Waals surface area contributed by atoms with Crippen LogP contribution in [-0.4, -0.2) is 27.3 Å². The van der Waals surface area contributed by atoms with Gasteiger partial charge < -0.3 is 15.2 Å². The van der Waals surface area contributed by atoms with Crippen LogP contribution in [0.25, 0.3) is 10.9 Å². The van der Waals surface area contributed by atoms with Crippen molar-refractivity contribution in [3.63, 3.8) is 0 Å². The highest BCUT2D eigenvalue weighted by Gasteiger charge is 2.14. The Balaban J connectivity index is 2.77. The highest BCUT2D eigenvalue weighted by molar-refractivity contribution is 6.61. The van der Waals surface area contributed by atoms with Crippen LogP contribution in [0.4, 0.5) is 0 Å². The third kappa shape index (κ3) is 1.43. The molecule has 2 aromatic rings. The van der Waals surface area contributed by atoms with Gasteiger partial charge >= 0.3 is 7.12 Å². The maximum absolute atomic E-state index is 9.21. The van der Waals surface area contributed by atoms with Crippen molar-refractivity contribution in [3.8, 4) is 5.75 Å². The van der Waals surface area contributed by atoms with Crippen LogP contribution in [0.1, 0.15) is 0 Å². The topological polar surface area (TPSA) is 73.6 Å². The fourth-order valence-electron chi connectivity index (χ4n) is 1.39. The van der Waals surface area contributed by atoms with E-state index in [1.807, 2.05) is 0 Å². The van der Waals surface area contributed by atoms with E-state index in [4.69, 9.17) is 10.0 Å². The molecule has 0 atom stereocenters. The van der Waals surface area contributed by atoms with Crippen LogP contribution in [0, 0.1) is 0 Å². The summed E-state index contributed by atoms with van der Waals surface area (Å²) in [7, 11) is -1.55. The van der Waals surface area contributed by atoms with Gasteiger partial charge in [0.2, 0.25) is 0 Å². The predicted octanol–water partition coefficient (Wildman–Crippen LogP) is -0.380. The van der Waals surface area contributed by atoms with Gasteiger partial charge in [-0.2, -0.15) is 0 Å². The van der Waals surface area contributed by atoms with Gasteiger partial charge in [0.15, 0.2) is 0 Å². The summed E-state index contributed by atoms with van der Waals surface area (Å²) in [6, 6.07) is 6.45. The Hall–Kier alpha value is -1.59. The van der Waals surface area contributed by atoms with Crippen molar-refractivity contribution in [3.05, 3.63) is 30.5 Å². The van der Waals surface area contributed by atoms with E-state index < -0.39 is 7.12 Å². The van der Waals surface area contributed by atoms with Crippen LogP contribution in [-0.2, 0) is 0 Å². The minimum atomic E-state index is -1.55. The number of fused-ring (bicyclic) bond motifs is 1. The summed E-state index contributed by atoms with van der Waals surface area (Å²) in [6.45, 7) is 0. The summed E-state index contributed by atoms with van der Waals surface area (Å²) in [6.07, 6.45) is 1.32. The SMILES string of the molecule is OB(O)c1cccc2ncc(O)cc12. The monoisotopic (exact) mass is 189 g/mol. The number of nitrogens with zero attached hydrogens (tertiary/aromatic N) is 1. The van der Waals surface area contributed by atoms with Gasteiger partial charge in [-0.3, -0.25) is 4.98 Å². The molecule has 14 heavy (non-hydrogen) atoms. The van der Waals surface area contributed by atoms with Crippen LogP contribution < -0.4 is 5.46 Å². The molecule has 0 spiro atoms. The molecule has 1 heterocycles. The summed E-state index contributed by atoms with van der Waals surface area (Å²) in [4.78, 5) is 3.95. The predicted molar refractivity (Wildman–Crippen MR) is 53.2 cm³/mol. The van der Waals surface area contributed by atoms with Gasteiger partial charge in [0, 0.05) is 5.39 Å². The van der Waals surface area contributed by atoms with E-state index >= 15 is 0 Å². The molecule has 1 aromatic carbocycles. The first-order valence-corrected chi connectivity index (χ1v) is 4.12. The second kappa shape index (κ2) is 3.28. The molecule has 0 aliphatic rings. The molecule has 0 amide bonds. The molecule has 0 fully saturated rings. The lowest BCUT2D eigenvalue weighted by Gasteiger charge is -2.04. The Morgan fingerprint density at radius 3 is 2.71 bits per heavy atom. The standard InChI is InChI=1S/C9H8BNO3/c12-6-4-7-8(10(13)14)2-1-3-9(7)11-5-6/h1-5,12-14H. The second-order valence-electron chi connectivity index (χ2n) is 2.98. The highest BCUT2D eigenvalue weighted by Crippen LogP contribution is 2.15. The minimum Gasteiger partial charge on any atom is -0.506 e. The lowest BCUT2D eigenvalue weighted by Crippen LogP contribution is -2.30. The van der Waals surface area contributed by atoms with Gasteiger partial charge in [0.05, 0.1) is 11.7 Å². The zero-order valence-corrected chi connectivity index (χ0v) is 7.25. The number of hydrogen-bond donors (Lipinski definition) is 3. The molecular formula is C9H8BNO3. The third-order valence-electron chi connectivity index (χ3n) is 2.02. The molecule has 0 radical (unpaired) electrons. The lowest BCUT2D eigenvalue weighted by molar-refractivity contribution is 0.426. The van der Waals surface area contributed by atoms with E-state index in [1.54, 1.807) is 18.2 Å². The van der Waals surface area contributed by atoms with Crippen LogP contribution in [0.5, 0.6) is 5.75 Å². The molecule has 0 aliphatic carbocycles. The van der Waals surface area contributed by atoms with E-state index in [9.17, 15) is 5.11 Å². The maximum Gasteiger partial charge on any atom is 0.489 e. The molecule has 3 N–H and O–H groups in total. The highest BCUT2D eigenvalue weighted by atomic mass is 16.4. The van der Waals surface area contributed by atoms with Gasteiger partial charge in [-0.25, -0.2) is 0 Å². The number of aromatic hydroxyl groups is 1. The number of benzene rings is 1. The zero-order valence-electron chi connectivity index (χ0n) is 7.25. The molecule has 0 unspecified atom stereocenters. The van der Waals surface area contributed by atoms with Crippen molar-refractivity contribution in [2.75, 3.05) is 0 Å². The van der Waals surface area contributed by atoms with Gasteiger partial charge in [0.1, 0.15) is 5.75 Å². The summed E-state index contributed by atoms with van der Waals surface area (Å²) < 4.78 is 0. The summed E-state index contributed by atoms with van der Waals surface area (Å²) in [5, 5.41) is 27.9. The van der Waals surface area contributed by atoms with Crippen LogP contribution in [0.3, 0.4) is 0 Å². The fraction of sp³-hybridized carbons (Fsp3) is 0. The summed E-state index contributed by atoms with van der Waals surface area (Å²) in [5.74, 6) is 0.00519. The lowest BCUT2D eigenvalue weighted by atomic mass is 9.78. The third-order valence-corrected chi connectivity index (χ3v) is 2.02. The summed E-state index contributed by atoms with van der Waals surface area (Å²) >= 11 is 0. The molecule has 0 saturated heterocycles. The Kier molecular flexibility index (Phi) is 2.11. The van der Waals surface area contributed by atoms with E-state index in [2.05, 4.69) is 4.98 Å². The number of hydrogen-bond acceptors (Lipinski definition) is 4. The molecular weight excluding hydrogens is 181 g/mol. The molecule has 4 nitrogen and oxygen atoms in total.